The molecule has 20 heavy (non-hydrogen) atoms. The van der Waals surface area contributed by atoms with Gasteiger partial charge >= 0.3 is 0 Å². The molecule has 0 aromatic heterocycles. The Kier molecular flexibility index (Phi) is 8.07. The van der Waals surface area contributed by atoms with Gasteiger partial charge in [0.1, 0.15) is 0 Å². The number of nitrogens with one attached hydrogen (secondary N) is 1. The summed E-state index contributed by atoms with van der Waals surface area (Å²) in [4.78, 5) is 12.1. The van der Waals surface area contributed by atoms with E-state index >= 15 is 0 Å². The second-order valence-corrected chi connectivity index (χ2v) is 6.20. The topological polar surface area (TPSA) is 64.4 Å². The minimum absolute atomic E-state index is 0. The molecule has 1 rings (SSSR count). The first-order valence-electron chi connectivity index (χ1n) is 7.50. The molecule has 0 heterocycles. The van der Waals surface area contributed by atoms with Gasteiger partial charge in [0.2, 0.25) is 5.91 Å². The van der Waals surface area contributed by atoms with Crippen LogP contribution in [0, 0.1) is 11.3 Å². The van der Waals surface area contributed by atoms with Crippen LogP contribution in [-0.2, 0) is 9.53 Å². The lowest BCUT2D eigenvalue weighted by atomic mass is 9.58. The zero-order valence-corrected chi connectivity index (χ0v) is 14.3. The molecule has 3 N–H and O–H groups in total. The maximum atomic E-state index is 12.1. The molecule has 3 atom stereocenters. The van der Waals surface area contributed by atoms with Gasteiger partial charge in [-0.25, -0.2) is 0 Å². The van der Waals surface area contributed by atoms with Gasteiger partial charge in [0, 0.05) is 18.6 Å². The van der Waals surface area contributed by atoms with E-state index in [1.807, 2.05) is 0 Å². The summed E-state index contributed by atoms with van der Waals surface area (Å²) in [6.07, 6.45) is 3.93. The number of nitrogens with two attached hydrogens (primary N) is 1. The maximum Gasteiger partial charge on any atom is 0.237 e. The number of ether oxygens (including phenoxy) is 1. The van der Waals surface area contributed by atoms with Crippen molar-refractivity contribution >= 4 is 18.3 Å². The number of hydrogen-bond donors (Lipinski definition) is 2. The summed E-state index contributed by atoms with van der Waals surface area (Å²) in [6, 6.07) is -0.189. The van der Waals surface area contributed by atoms with E-state index in [0.717, 1.165) is 25.7 Å². The lowest BCUT2D eigenvalue weighted by molar-refractivity contribution is -0.142. The third-order valence-electron chi connectivity index (χ3n) is 4.76. The van der Waals surface area contributed by atoms with Gasteiger partial charge in [-0.3, -0.25) is 4.79 Å². The number of amides is 1. The third kappa shape index (κ3) is 3.86. The Morgan fingerprint density at radius 2 is 1.95 bits per heavy atom. The van der Waals surface area contributed by atoms with Gasteiger partial charge in [0.15, 0.2) is 0 Å². The largest absolute Gasteiger partial charge is 0.381 e. The molecule has 0 spiro atoms. The third-order valence-corrected chi connectivity index (χ3v) is 4.76. The maximum absolute atomic E-state index is 12.1. The van der Waals surface area contributed by atoms with E-state index < -0.39 is 6.04 Å². The van der Waals surface area contributed by atoms with Crippen LogP contribution in [0.3, 0.4) is 0 Å². The highest BCUT2D eigenvalue weighted by molar-refractivity contribution is 5.85. The van der Waals surface area contributed by atoms with Gasteiger partial charge in [-0.05, 0) is 31.6 Å². The number of rotatable bonds is 7. The average molecular weight is 307 g/mol. The summed E-state index contributed by atoms with van der Waals surface area (Å²) in [5, 5.41) is 3.13. The first-order valence-corrected chi connectivity index (χ1v) is 7.50. The Morgan fingerprint density at radius 3 is 2.35 bits per heavy atom. The first kappa shape index (κ1) is 19.7. The zero-order valence-electron chi connectivity index (χ0n) is 13.4. The molecule has 1 fully saturated rings. The summed E-state index contributed by atoms with van der Waals surface area (Å²) in [5.74, 6) is 0.426. The van der Waals surface area contributed by atoms with Gasteiger partial charge in [-0.2, -0.15) is 0 Å². The Bertz CT molecular complexity index is 306. The van der Waals surface area contributed by atoms with Gasteiger partial charge in [-0.15, -0.1) is 12.4 Å². The molecule has 1 amide bonds. The van der Waals surface area contributed by atoms with Crippen molar-refractivity contribution in [2.45, 2.75) is 71.6 Å². The fourth-order valence-electron chi connectivity index (χ4n) is 3.37. The number of hydrogen-bond acceptors (Lipinski definition) is 3. The molecule has 2 unspecified atom stereocenters. The summed E-state index contributed by atoms with van der Waals surface area (Å²) in [7, 11) is 1.76. The van der Waals surface area contributed by atoms with Crippen molar-refractivity contribution in [1.82, 2.24) is 5.32 Å². The minimum Gasteiger partial charge on any atom is -0.381 e. The van der Waals surface area contributed by atoms with Crippen molar-refractivity contribution in [2.75, 3.05) is 7.11 Å². The van der Waals surface area contributed by atoms with Crippen LogP contribution in [0.15, 0.2) is 0 Å². The Balaban J connectivity index is 0.00000361. The molecule has 0 saturated heterocycles. The van der Waals surface area contributed by atoms with Crippen LogP contribution >= 0.6 is 12.4 Å². The lowest BCUT2D eigenvalue weighted by Crippen LogP contribution is -2.65. The Labute approximate surface area is 129 Å². The molecule has 0 bridgehead atoms. The van der Waals surface area contributed by atoms with E-state index in [2.05, 4.69) is 33.0 Å². The standard InChI is InChI=1S/C15H30N2O2.ClH/c1-6-15(7-2)12(9-13(15)19-5)17-14(18)11(16)8-10(3)4;/h10-13H,6-9,16H2,1-5H3,(H,17,18);1H/t11-,12?,13?;/m0./s1. The first-order chi connectivity index (χ1) is 8.91. The van der Waals surface area contributed by atoms with Crippen molar-refractivity contribution < 1.29 is 9.53 Å². The van der Waals surface area contributed by atoms with E-state index in [1.165, 1.54) is 0 Å². The Hall–Kier alpha value is -0.320. The van der Waals surface area contributed by atoms with E-state index in [1.54, 1.807) is 7.11 Å². The lowest BCUT2D eigenvalue weighted by Gasteiger charge is -2.55. The van der Waals surface area contributed by atoms with Gasteiger partial charge in [0.25, 0.3) is 0 Å². The number of carbonyl (C=O) groups excluding carboxylic acids is 1. The summed E-state index contributed by atoms with van der Waals surface area (Å²) >= 11 is 0. The van der Waals surface area contributed by atoms with Gasteiger partial charge in [-0.1, -0.05) is 27.7 Å². The molecule has 120 valence electrons. The van der Waals surface area contributed by atoms with Crippen LogP contribution in [0.5, 0.6) is 0 Å². The molecule has 0 aromatic rings. The van der Waals surface area contributed by atoms with Crippen molar-refractivity contribution in [3.8, 4) is 0 Å². The van der Waals surface area contributed by atoms with Crippen molar-refractivity contribution in [3.63, 3.8) is 0 Å². The fraction of sp³-hybridized carbons (Fsp3) is 0.933. The molecule has 0 aliphatic heterocycles. The van der Waals surface area contributed by atoms with E-state index in [0.29, 0.717) is 5.92 Å². The van der Waals surface area contributed by atoms with Gasteiger partial charge < -0.3 is 15.8 Å². The van der Waals surface area contributed by atoms with Crippen LogP contribution in [0.25, 0.3) is 0 Å². The predicted molar refractivity (Wildman–Crippen MR) is 85.0 cm³/mol. The van der Waals surface area contributed by atoms with E-state index in [4.69, 9.17) is 10.5 Å². The molecular weight excluding hydrogens is 276 g/mol. The van der Waals surface area contributed by atoms with Crippen LogP contribution in [0.2, 0.25) is 0 Å². The molecule has 1 aliphatic rings. The van der Waals surface area contributed by atoms with Crippen LogP contribution < -0.4 is 11.1 Å². The zero-order chi connectivity index (χ0) is 14.6. The highest BCUT2D eigenvalue weighted by Crippen LogP contribution is 2.48. The normalized spacial score (nSPS) is 25.6. The SMILES string of the molecule is CCC1(CC)C(NC(=O)[C@@H](N)CC(C)C)CC1OC.Cl. The summed E-state index contributed by atoms with van der Waals surface area (Å²) in [6.45, 7) is 8.50. The van der Waals surface area contributed by atoms with Crippen molar-refractivity contribution in [1.29, 1.82) is 0 Å². The number of halogens is 1. The molecule has 4 nitrogen and oxygen atoms in total. The van der Waals surface area contributed by atoms with Crippen LogP contribution in [0.1, 0.15) is 53.4 Å². The minimum atomic E-state index is -0.395. The molecule has 1 aliphatic carbocycles. The van der Waals surface area contributed by atoms with E-state index in [-0.39, 0.29) is 35.9 Å². The highest BCUT2D eigenvalue weighted by Gasteiger charge is 2.53. The molecule has 1 saturated carbocycles. The van der Waals surface area contributed by atoms with Crippen molar-refractivity contribution in [3.05, 3.63) is 0 Å². The fourth-order valence-corrected chi connectivity index (χ4v) is 3.37. The molecule has 5 heteroatoms. The van der Waals surface area contributed by atoms with Gasteiger partial charge in [0.05, 0.1) is 12.1 Å². The second-order valence-electron chi connectivity index (χ2n) is 6.20. The second kappa shape index (κ2) is 8.20. The smallest absolute Gasteiger partial charge is 0.237 e. The molecule has 0 aromatic carbocycles. The molecular formula is C15H31ClN2O2. The average Bonchev–Trinajstić information content (AvgIpc) is 2.34. The predicted octanol–water partition coefficient (Wildman–Crippen LogP) is 2.49. The quantitative estimate of drug-likeness (QED) is 0.759. The summed E-state index contributed by atoms with van der Waals surface area (Å²) in [5.41, 5.74) is 6.03. The highest BCUT2D eigenvalue weighted by atomic mass is 35.5. The molecule has 0 radical (unpaired) electrons. The van der Waals surface area contributed by atoms with Crippen LogP contribution in [0.4, 0.5) is 0 Å². The monoisotopic (exact) mass is 306 g/mol. The van der Waals surface area contributed by atoms with Crippen molar-refractivity contribution in [2.24, 2.45) is 17.1 Å². The number of methoxy groups -OCH3 is 1. The van der Waals surface area contributed by atoms with Crippen LogP contribution in [-0.4, -0.2) is 31.2 Å². The van der Waals surface area contributed by atoms with E-state index in [9.17, 15) is 4.79 Å². The Morgan fingerprint density at radius 1 is 1.40 bits per heavy atom. The number of carbonyl (C=O) groups is 1. The summed E-state index contributed by atoms with van der Waals surface area (Å²) < 4.78 is 5.54.